The maximum Gasteiger partial charge on any atom is 0.340 e. The lowest BCUT2D eigenvalue weighted by Gasteiger charge is -2.14. The van der Waals surface area contributed by atoms with E-state index in [0.717, 1.165) is 19.3 Å². The summed E-state index contributed by atoms with van der Waals surface area (Å²) in [6, 6.07) is 5.93. The average molecular weight is 555 g/mol. The van der Waals surface area contributed by atoms with Crippen molar-refractivity contribution in [3.05, 3.63) is 35.4 Å². The van der Waals surface area contributed by atoms with E-state index in [2.05, 4.69) is 6.92 Å². The van der Waals surface area contributed by atoms with E-state index in [4.69, 9.17) is 9.47 Å². The van der Waals surface area contributed by atoms with Gasteiger partial charge < -0.3 is 9.47 Å². The molecule has 0 heterocycles. The molecule has 0 aliphatic carbocycles. The summed E-state index contributed by atoms with van der Waals surface area (Å²) in [5.41, 5.74) is -1.77. The molecule has 1 N–H and O–H groups in total. The Hall–Kier alpha value is -1.93. The highest BCUT2D eigenvalue weighted by atomic mass is 32.2. The first-order valence-electron chi connectivity index (χ1n) is 14.7. The molecule has 0 spiro atoms. The molecule has 0 saturated carbocycles. The van der Waals surface area contributed by atoms with Crippen molar-refractivity contribution >= 4 is 22.1 Å². The smallest absolute Gasteiger partial charge is 0.340 e. The third-order valence-corrected chi connectivity index (χ3v) is 7.85. The largest absolute Gasteiger partial charge is 0.462 e. The van der Waals surface area contributed by atoms with Crippen molar-refractivity contribution in [3.8, 4) is 0 Å². The van der Waals surface area contributed by atoms with Crippen LogP contribution in [-0.4, -0.2) is 37.0 Å². The molecule has 8 heteroatoms. The van der Waals surface area contributed by atoms with Crippen molar-refractivity contribution in [2.24, 2.45) is 0 Å². The Kier molecular flexibility index (Phi) is 18.8. The van der Waals surface area contributed by atoms with E-state index >= 15 is 0 Å². The Morgan fingerprint density at radius 3 is 1.47 bits per heavy atom. The number of carbonyl (C=O) groups excluding carboxylic acids is 2. The summed E-state index contributed by atoms with van der Waals surface area (Å²) >= 11 is 0. The lowest BCUT2D eigenvalue weighted by Crippen LogP contribution is -2.27. The van der Waals surface area contributed by atoms with Crippen LogP contribution in [0.15, 0.2) is 24.3 Å². The SMILES string of the molecule is CCCCCCCCCCCCCCCCCCCOC(=O)c1ccccc1C(=O)OC(CC)S(=O)(=O)O. The maximum atomic E-state index is 12.5. The van der Waals surface area contributed by atoms with Crippen molar-refractivity contribution < 1.29 is 32.0 Å². The summed E-state index contributed by atoms with van der Waals surface area (Å²) in [6.45, 7) is 3.98. The molecule has 0 aliphatic heterocycles. The number of rotatable bonds is 23. The topological polar surface area (TPSA) is 107 Å². The van der Waals surface area contributed by atoms with Gasteiger partial charge in [-0.2, -0.15) is 8.42 Å². The first-order valence-corrected chi connectivity index (χ1v) is 16.2. The summed E-state index contributed by atoms with van der Waals surface area (Å²) in [6.07, 6.45) is 21.5. The Labute approximate surface area is 230 Å². The predicted molar refractivity (Wildman–Crippen MR) is 152 cm³/mol. The molecule has 1 aromatic rings. The van der Waals surface area contributed by atoms with Crippen LogP contribution in [0.1, 0.15) is 150 Å². The Bertz CT molecular complexity index is 882. The van der Waals surface area contributed by atoms with Crippen LogP contribution >= 0.6 is 0 Å². The van der Waals surface area contributed by atoms with E-state index in [1.54, 1.807) is 6.07 Å². The quantitative estimate of drug-likeness (QED) is 0.0824. The minimum absolute atomic E-state index is 0.00895. The fraction of sp³-hybridized carbons (Fsp3) is 0.733. The van der Waals surface area contributed by atoms with Crippen molar-refractivity contribution in [1.29, 1.82) is 0 Å². The highest BCUT2D eigenvalue weighted by Crippen LogP contribution is 2.17. The second-order valence-electron chi connectivity index (χ2n) is 10.1. The van der Waals surface area contributed by atoms with E-state index in [9.17, 15) is 22.6 Å². The Balaban J connectivity index is 2.12. The summed E-state index contributed by atoms with van der Waals surface area (Å²) in [5.74, 6) is -1.66. The average Bonchev–Trinajstić information content (AvgIpc) is 2.90. The molecule has 0 aliphatic rings. The van der Waals surface area contributed by atoms with Crippen molar-refractivity contribution in [2.45, 2.75) is 135 Å². The number of hydrogen-bond acceptors (Lipinski definition) is 6. The summed E-state index contributed by atoms with van der Waals surface area (Å²) in [5, 5.41) is 0. The molecular weight excluding hydrogens is 504 g/mol. The summed E-state index contributed by atoms with van der Waals surface area (Å²) < 4.78 is 42.1. The molecule has 218 valence electrons. The second-order valence-corrected chi connectivity index (χ2v) is 11.7. The minimum Gasteiger partial charge on any atom is -0.462 e. The van der Waals surface area contributed by atoms with Crippen LogP contribution in [0.25, 0.3) is 0 Å². The molecule has 0 aromatic heterocycles. The molecule has 1 rings (SSSR count). The first kappa shape index (κ1) is 34.1. The highest BCUT2D eigenvalue weighted by molar-refractivity contribution is 7.86. The van der Waals surface area contributed by atoms with Gasteiger partial charge in [-0.05, 0) is 25.0 Å². The molecule has 7 nitrogen and oxygen atoms in total. The Morgan fingerprint density at radius 2 is 1.08 bits per heavy atom. The molecule has 0 fully saturated rings. The van der Waals surface area contributed by atoms with Crippen LogP contribution in [0.5, 0.6) is 0 Å². The monoisotopic (exact) mass is 554 g/mol. The van der Waals surface area contributed by atoms with Crippen molar-refractivity contribution in [2.75, 3.05) is 6.61 Å². The fourth-order valence-electron chi connectivity index (χ4n) is 4.45. The zero-order valence-corrected chi connectivity index (χ0v) is 24.4. The maximum absolute atomic E-state index is 12.5. The summed E-state index contributed by atoms with van der Waals surface area (Å²) in [4.78, 5) is 24.9. The molecule has 38 heavy (non-hydrogen) atoms. The number of ether oxygens (including phenoxy) is 2. The molecule has 0 saturated heterocycles. The molecule has 0 radical (unpaired) electrons. The highest BCUT2D eigenvalue weighted by Gasteiger charge is 2.28. The minimum atomic E-state index is -4.55. The zero-order chi connectivity index (χ0) is 28.1. The van der Waals surface area contributed by atoms with E-state index in [0.29, 0.717) is 0 Å². The van der Waals surface area contributed by atoms with Crippen LogP contribution in [0, 0.1) is 0 Å². The van der Waals surface area contributed by atoms with Gasteiger partial charge in [-0.15, -0.1) is 0 Å². The fourth-order valence-corrected chi connectivity index (χ4v) is 5.08. The van der Waals surface area contributed by atoms with Gasteiger partial charge in [-0.3, -0.25) is 4.55 Å². The molecular formula is C30H50O7S. The van der Waals surface area contributed by atoms with Gasteiger partial charge in [-0.25, -0.2) is 9.59 Å². The number of hydrogen-bond donors (Lipinski definition) is 1. The predicted octanol–water partition coefficient (Wildman–Crippen LogP) is 8.28. The van der Waals surface area contributed by atoms with Gasteiger partial charge in [-0.1, -0.05) is 129 Å². The number of esters is 2. The van der Waals surface area contributed by atoms with Crippen LogP contribution < -0.4 is 0 Å². The number of benzene rings is 1. The number of carbonyl (C=O) groups is 2. The Morgan fingerprint density at radius 1 is 0.684 bits per heavy atom. The van der Waals surface area contributed by atoms with Crippen LogP contribution in [0.4, 0.5) is 0 Å². The normalized spacial score (nSPS) is 12.3. The van der Waals surface area contributed by atoms with Crippen LogP contribution in [-0.2, 0) is 19.6 Å². The third-order valence-electron chi connectivity index (χ3n) is 6.75. The van der Waals surface area contributed by atoms with E-state index < -0.39 is 27.5 Å². The van der Waals surface area contributed by atoms with Gasteiger partial charge in [0.25, 0.3) is 0 Å². The second kappa shape index (κ2) is 21.0. The van der Waals surface area contributed by atoms with Gasteiger partial charge in [0, 0.05) is 0 Å². The van der Waals surface area contributed by atoms with Gasteiger partial charge in [0.15, 0.2) is 0 Å². The van der Waals surface area contributed by atoms with Gasteiger partial charge in [0.1, 0.15) is 0 Å². The lowest BCUT2D eigenvalue weighted by molar-refractivity contribution is 0.0402. The lowest BCUT2D eigenvalue weighted by atomic mass is 10.0. The first-order chi connectivity index (χ1) is 18.3. The molecule has 1 aromatic carbocycles. The van der Waals surface area contributed by atoms with Crippen molar-refractivity contribution in [3.63, 3.8) is 0 Å². The van der Waals surface area contributed by atoms with Crippen molar-refractivity contribution in [1.82, 2.24) is 0 Å². The van der Waals surface area contributed by atoms with Gasteiger partial charge >= 0.3 is 22.1 Å². The van der Waals surface area contributed by atoms with Crippen LogP contribution in [0.2, 0.25) is 0 Å². The molecule has 1 unspecified atom stereocenters. The molecule has 0 amide bonds. The van der Waals surface area contributed by atoms with Crippen LogP contribution in [0.3, 0.4) is 0 Å². The van der Waals surface area contributed by atoms with Gasteiger partial charge in [0.05, 0.1) is 17.7 Å². The zero-order valence-electron chi connectivity index (χ0n) is 23.6. The third kappa shape index (κ3) is 15.5. The molecule has 0 bridgehead atoms. The van der Waals surface area contributed by atoms with E-state index in [-0.39, 0.29) is 24.2 Å². The summed E-state index contributed by atoms with van der Waals surface area (Å²) in [7, 11) is -4.55. The standard InChI is InChI=1S/C30H50O7S/c1-3-5-6-7-8-9-10-11-12-13-14-15-16-17-18-19-22-25-36-29(31)26-23-20-21-24-27(26)30(32)37-28(4-2)38(33,34)35/h20-21,23-24,28H,3-19,22,25H2,1-2H3,(H,33,34,35). The van der Waals surface area contributed by atoms with E-state index in [1.165, 1.54) is 115 Å². The van der Waals surface area contributed by atoms with Gasteiger partial charge in [0.2, 0.25) is 5.44 Å². The van der Waals surface area contributed by atoms with E-state index in [1.807, 2.05) is 0 Å². The molecule has 1 atom stereocenters. The number of unbranched alkanes of at least 4 members (excludes halogenated alkanes) is 16.